The largest absolute Gasteiger partial charge is 0.497 e. The highest BCUT2D eigenvalue weighted by Crippen LogP contribution is 2.22. The number of carboxylic acid groups (broad SMARTS) is 1. The molecular formula is C24H17ClN2O5. The van der Waals surface area contributed by atoms with Crippen LogP contribution in [0.2, 0.25) is 5.02 Å². The van der Waals surface area contributed by atoms with Gasteiger partial charge in [-0.3, -0.25) is 4.79 Å². The molecule has 0 radical (unpaired) electrons. The third-order valence-electron chi connectivity index (χ3n) is 4.65. The molecule has 160 valence electrons. The van der Waals surface area contributed by atoms with E-state index < -0.39 is 11.9 Å². The van der Waals surface area contributed by atoms with Gasteiger partial charge in [0.1, 0.15) is 16.9 Å². The van der Waals surface area contributed by atoms with E-state index in [1.807, 2.05) is 0 Å². The second-order valence-corrected chi connectivity index (χ2v) is 7.23. The first-order valence-corrected chi connectivity index (χ1v) is 9.87. The summed E-state index contributed by atoms with van der Waals surface area (Å²) in [6.07, 6.45) is 0. The molecule has 0 aliphatic heterocycles. The van der Waals surface area contributed by atoms with E-state index in [4.69, 9.17) is 25.9 Å². The van der Waals surface area contributed by atoms with Crippen molar-refractivity contribution >= 4 is 45.8 Å². The number of ether oxygens (including phenoxy) is 1. The summed E-state index contributed by atoms with van der Waals surface area (Å²) in [5.41, 5.74) is 1.91. The van der Waals surface area contributed by atoms with Gasteiger partial charge in [0.25, 0.3) is 5.91 Å². The van der Waals surface area contributed by atoms with E-state index in [0.717, 1.165) is 0 Å². The lowest BCUT2D eigenvalue weighted by Gasteiger charge is -2.08. The number of methoxy groups -OCH3 is 1. The summed E-state index contributed by atoms with van der Waals surface area (Å²) < 4.78 is 11.2. The second-order valence-electron chi connectivity index (χ2n) is 6.79. The summed E-state index contributed by atoms with van der Waals surface area (Å²) in [6.45, 7) is 0. The minimum atomic E-state index is -1.04. The molecule has 0 atom stereocenters. The molecule has 7 nitrogen and oxygen atoms in total. The van der Waals surface area contributed by atoms with Crippen molar-refractivity contribution in [2.45, 2.75) is 0 Å². The zero-order chi connectivity index (χ0) is 22.7. The van der Waals surface area contributed by atoms with Gasteiger partial charge in [-0.25, -0.2) is 9.79 Å². The lowest BCUT2D eigenvalue weighted by atomic mass is 10.1. The van der Waals surface area contributed by atoms with E-state index >= 15 is 0 Å². The fourth-order valence-electron chi connectivity index (χ4n) is 3.01. The molecule has 8 heteroatoms. The van der Waals surface area contributed by atoms with Crippen molar-refractivity contribution in [3.8, 4) is 5.75 Å². The quantitative estimate of drug-likeness (QED) is 0.432. The van der Waals surface area contributed by atoms with Crippen molar-refractivity contribution in [3.05, 3.63) is 94.5 Å². The van der Waals surface area contributed by atoms with Crippen LogP contribution in [0, 0.1) is 0 Å². The van der Waals surface area contributed by atoms with Crippen LogP contribution < -0.4 is 15.6 Å². The SMILES string of the molecule is COc1ccc2oc(=Nc3ccc(C(=O)O)cc3)c(C(=O)Nc3ccc(Cl)cc3)cc2c1. The van der Waals surface area contributed by atoms with Crippen LogP contribution in [0.1, 0.15) is 20.7 Å². The number of halogens is 1. The van der Waals surface area contributed by atoms with E-state index in [0.29, 0.717) is 33.1 Å². The maximum absolute atomic E-state index is 13.1. The van der Waals surface area contributed by atoms with Crippen LogP contribution in [0.25, 0.3) is 11.0 Å². The fourth-order valence-corrected chi connectivity index (χ4v) is 3.13. The summed E-state index contributed by atoms with van der Waals surface area (Å²) in [5.74, 6) is -0.851. The van der Waals surface area contributed by atoms with Crippen LogP contribution in [-0.2, 0) is 0 Å². The third kappa shape index (κ3) is 4.63. The molecule has 0 bridgehead atoms. The summed E-state index contributed by atoms with van der Waals surface area (Å²) >= 11 is 5.91. The molecule has 0 aliphatic rings. The van der Waals surface area contributed by atoms with Crippen LogP contribution >= 0.6 is 11.6 Å². The minimum absolute atomic E-state index is 0.0807. The Balaban J connectivity index is 1.82. The van der Waals surface area contributed by atoms with Crippen molar-refractivity contribution in [1.82, 2.24) is 0 Å². The number of hydrogen-bond acceptors (Lipinski definition) is 5. The predicted octanol–water partition coefficient (Wildman–Crippen LogP) is 5.28. The van der Waals surface area contributed by atoms with Crippen molar-refractivity contribution in [3.63, 3.8) is 0 Å². The van der Waals surface area contributed by atoms with Gasteiger partial charge in [0, 0.05) is 16.1 Å². The van der Waals surface area contributed by atoms with Gasteiger partial charge < -0.3 is 19.6 Å². The van der Waals surface area contributed by atoms with Crippen LogP contribution in [0.5, 0.6) is 5.75 Å². The van der Waals surface area contributed by atoms with Gasteiger partial charge in [-0.15, -0.1) is 0 Å². The number of carboxylic acids is 1. The number of aromatic carboxylic acids is 1. The summed E-state index contributed by atoms with van der Waals surface area (Å²) in [7, 11) is 1.55. The Morgan fingerprint density at radius 2 is 1.72 bits per heavy atom. The molecule has 1 aromatic heterocycles. The number of hydrogen-bond donors (Lipinski definition) is 2. The molecule has 0 saturated heterocycles. The highest BCUT2D eigenvalue weighted by atomic mass is 35.5. The van der Waals surface area contributed by atoms with E-state index in [9.17, 15) is 9.59 Å². The number of nitrogens with zero attached hydrogens (tertiary/aromatic N) is 1. The number of anilines is 1. The van der Waals surface area contributed by atoms with Crippen molar-refractivity contribution in [1.29, 1.82) is 0 Å². The Morgan fingerprint density at radius 3 is 2.38 bits per heavy atom. The second kappa shape index (κ2) is 8.95. The van der Waals surface area contributed by atoms with E-state index in [2.05, 4.69) is 10.3 Å². The van der Waals surface area contributed by atoms with Crippen LogP contribution in [-0.4, -0.2) is 24.1 Å². The van der Waals surface area contributed by atoms with E-state index in [1.165, 1.54) is 24.3 Å². The third-order valence-corrected chi connectivity index (χ3v) is 4.90. The summed E-state index contributed by atoms with van der Waals surface area (Å²) in [4.78, 5) is 28.6. The molecule has 32 heavy (non-hydrogen) atoms. The normalized spacial score (nSPS) is 11.4. The van der Waals surface area contributed by atoms with Crippen LogP contribution in [0.3, 0.4) is 0 Å². The number of carbonyl (C=O) groups excluding carboxylic acids is 1. The topological polar surface area (TPSA) is 101 Å². The molecule has 4 rings (SSSR count). The number of amides is 1. The average Bonchev–Trinajstić information content (AvgIpc) is 2.80. The molecule has 0 spiro atoms. The van der Waals surface area contributed by atoms with E-state index in [1.54, 1.807) is 55.6 Å². The molecule has 3 aromatic carbocycles. The monoisotopic (exact) mass is 448 g/mol. The average molecular weight is 449 g/mol. The number of benzene rings is 3. The van der Waals surface area contributed by atoms with Gasteiger partial charge in [0.2, 0.25) is 5.55 Å². The Bertz CT molecular complexity index is 1380. The summed E-state index contributed by atoms with van der Waals surface area (Å²) in [6, 6.07) is 19.5. The molecular weight excluding hydrogens is 432 g/mol. The highest BCUT2D eigenvalue weighted by Gasteiger charge is 2.14. The van der Waals surface area contributed by atoms with Crippen molar-refractivity contribution in [2.24, 2.45) is 4.99 Å². The van der Waals surface area contributed by atoms with E-state index in [-0.39, 0.29) is 16.7 Å². The zero-order valence-electron chi connectivity index (χ0n) is 16.8. The Hall–Kier alpha value is -4.10. The maximum atomic E-state index is 13.1. The number of carbonyl (C=O) groups is 2. The lowest BCUT2D eigenvalue weighted by molar-refractivity contribution is 0.0696. The highest BCUT2D eigenvalue weighted by molar-refractivity contribution is 6.30. The molecule has 0 saturated carbocycles. The Morgan fingerprint density at radius 1 is 1.00 bits per heavy atom. The van der Waals surface area contributed by atoms with Gasteiger partial charge in [0.05, 0.1) is 18.4 Å². The van der Waals surface area contributed by atoms with Crippen LogP contribution in [0.4, 0.5) is 11.4 Å². The number of nitrogens with one attached hydrogen (secondary N) is 1. The van der Waals surface area contributed by atoms with Gasteiger partial charge in [0.15, 0.2) is 0 Å². The first-order valence-electron chi connectivity index (χ1n) is 9.50. The predicted molar refractivity (Wildman–Crippen MR) is 121 cm³/mol. The first kappa shape index (κ1) is 21.1. The maximum Gasteiger partial charge on any atom is 0.335 e. The van der Waals surface area contributed by atoms with Gasteiger partial charge in [-0.05, 0) is 72.8 Å². The van der Waals surface area contributed by atoms with Gasteiger partial charge in [-0.1, -0.05) is 11.6 Å². The molecule has 2 N–H and O–H groups in total. The number of rotatable bonds is 5. The standard InChI is InChI=1S/C24H17ClN2O5/c1-31-19-10-11-21-15(12-19)13-20(22(28)26-17-8-4-16(25)5-9-17)23(32-21)27-18-6-2-14(3-7-18)24(29)30/h2-13H,1H3,(H,26,28)(H,29,30). The molecule has 4 aromatic rings. The van der Waals surface area contributed by atoms with Gasteiger partial charge in [-0.2, -0.15) is 0 Å². The molecule has 1 heterocycles. The number of fused-ring (bicyclic) bond motifs is 1. The smallest absolute Gasteiger partial charge is 0.335 e. The van der Waals surface area contributed by atoms with Gasteiger partial charge >= 0.3 is 5.97 Å². The molecule has 1 amide bonds. The molecule has 0 unspecified atom stereocenters. The Labute approximate surface area is 187 Å². The molecule has 0 fully saturated rings. The van der Waals surface area contributed by atoms with Crippen LogP contribution in [0.15, 0.2) is 82.2 Å². The zero-order valence-corrected chi connectivity index (χ0v) is 17.6. The van der Waals surface area contributed by atoms with Crippen molar-refractivity contribution in [2.75, 3.05) is 12.4 Å². The molecule has 0 aliphatic carbocycles. The summed E-state index contributed by atoms with van der Waals surface area (Å²) in [5, 5.41) is 13.1. The lowest BCUT2D eigenvalue weighted by Crippen LogP contribution is -2.21. The fraction of sp³-hybridized carbons (Fsp3) is 0.0417. The van der Waals surface area contributed by atoms with Crippen molar-refractivity contribution < 1.29 is 23.8 Å². The minimum Gasteiger partial charge on any atom is -0.497 e. The Kier molecular flexibility index (Phi) is 5.91. The first-order chi connectivity index (χ1) is 15.4.